The summed E-state index contributed by atoms with van der Waals surface area (Å²) < 4.78 is 33.4. The fourth-order valence-corrected chi connectivity index (χ4v) is 4.82. The van der Waals surface area contributed by atoms with Gasteiger partial charge in [0.2, 0.25) is 0 Å². The van der Waals surface area contributed by atoms with Gasteiger partial charge in [0.1, 0.15) is 5.75 Å². The van der Waals surface area contributed by atoms with Crippen molar-refractivity contribution in [3.05, 3.63) is 72.6 Å². The lowest BCUT2D eigenvalue weighted by molar-refractivity contribution is 0.102. The van der Waals surface area contributed by atoms with E-state index in [1.807, 2.05) is 0 Å². The number of hydrogen-bond acceptors (Lipinski definition) is 7. The molecule has 2 N–H and O–H groups in total. The van der Waals surface area contributed by atoms with Crippen LogP contribution >= 0.6 is 11.3 Å². The molecule has 152 valence electrons. The van der Waals surface area contributed by atoms with Crippen molar-refractivity contribution in [2.24, 2.45) is 0 Å². The van der Waals surface area contributed by atoms with Crippen LogP contribution in [0.15, 0.2) is 71.9 Å². The third-order valence-corrected chi connectivity index (χ3v) is 6.58. The molecule has 4 aromatic rings. The lowest BCUT2D eigenvalue weighted by atomic mass is 10.2. The Morgan fingerprint density at radius 1 is 1.10 bits per heavy atom. The highest BCUT2D eigenvalue weighted by Gasteiger charge is 2.17. The van der Waals surface area contributed by atoms with Crippen molar-refractivity contribution in [1.82, 2.24) is 9.97 Å². The van der Waals surface area contributed by atoms with Gasteiger partial charge in [-0.15, -0.1) is 0 Å². The number of sulfonamides is 1. The fourth-order valence-electron chi connectivity index (χ4n) is 2.68. The molecule has 10 heteroatoms. The number of rotatable bonds is 6. The highest BCUT2D eigenvalue weighted by molar-refractivity contribution is 7.93. The Bertz CT molecular complexity index is 1300. The van der Waals surface area contributed by atoms with Gasteiger partial charge >= 0.3 is 0 Å². The third-order valence-electron chi connectivity index (χ3n) is 4.16. The highest BCUT2D eigenvalue weighted by Crippen LogP contribution is 2.29. The van der Waals surface area contributed by atoms with E-state index in [4.69, 9.17) is 4.74 Å². The van der Waals surface area contributed by atoms with Crippen molar-refractivity contribution in [3.63, 3.8) is 0 Å². The first-order valence-electron chi connectivity index (χ1n) is 8.73. The van der Waals surface area contributed by atoms with Crippen molar-refractivity contribution >= 4 is 48.3 Å². The number of nitrogens with one attached hydrogen (secondary N) is 2. The molecule has 0 saturated heterocycles. The zero-order valence-electron chi connectivity index (χ0n) is 15.7. The number of carbonyl (C=O) groups is 1. The topological polar surface area (TPSA) is 110 Å². The Morgan fingerprint density at radius 3 is 2.60 bits per heavy atom. The van der Waals surface area contributed by atoms with Crippen molar-refractivity contribution in [2.45, 2.75) is 4.90 Å². The summed E-state index contributed by atoms with van der Waals surface area (Å²) in [5.74, 6) is 0.268. The van der Waals surface area contributed by atoms with E-state index >= 15 is 0 Å². The molecule has 2 aromatic heterocycles. The molecule has 4 rings (SSSR count). The fraction of sp³-hybridized carbons (Fsp3) is 0.0500. The number of fused-ring (bicyclic) bond motifs is 1. The lowest BCUT2D eigenvalue weighted by Gasteiger charge is -2.05. The SMILES string of the molecule is COc1ccc(S(=O)(=O)Nc2nc3ccc(C(=O)Nc4cccnc4)cc3s2)cc1. The molecule has 0 aliphatic rings. The average molecular weight is 441 g/mol. The normalized spacial score (nSPS) is 11.2. The summed E-state index contributed by atoms with van der Waals surface area (Å²) in [6.07, 6.45) is 3.17. The number of benzene rings is 2. The maximum Gasteiger partial charge on any atom is 0.263 e. The van der Waals surface area contributed by atoms with Gasteiger partial charge in [0, 0.05) is 11.8 Å². The quantitative estimate of drug-likeness (QED) is 0.472. The number of anilines is 2. The van der Waals surface area contributed by atoms with Gasteiger partial charge < -0.3 is 10.1 Å². The number of ether oxygens (including phenoxy) is 1. The smallest absolute Gasteiger partial charge is 0.263 e. The molecule has 0 spiro atoms. The van der Waals surface area contributed by atoms with Gasteiger partial charge in [-0.05, 0) is 54.6 Å². The molecule has 2 aromatic carbocycles. The summed E-state index contributed by atoms with van der Waals surface area (Å²) in [5, 5.41) is 2.97. The van der Waals surface area contributed by atoms with Crippen LogP contribution in [0.4, 0.5) is 10.8 Å². The van der Waals surface area contributed by atoms with Crippen LogP contribution in [0, 0.1) is 0 Å². The summed E-state index contributed by atoms with van der Waals surface area (Å²) >= 11 is 1.15. The molecule has 2 heterocycles. The predicted molar refractivity (Wildman–Crippen MR) is 116 cm³/mol. The second kappa shape index (κ2) is 8.09. The number of amides is 1. The monoisotopic (exact) mass is 440 g/mol. The number of pyridine rings is 1. The minimum atomic E-state index is -3.80. The molecule has 0 saturated carbocycles. The molecule has 1 amide bonds. The number of thiazole rings is 1. The minimum Gasteiger partial charge on any atom is -0.497 e. The van der Waals surface area contributed by atoms with Crippen molar-refractivity contribution < 1.29 is 17.9 Å². The van der Waals surface area contributed by atoms with E-state index in [0.717, 1.165) is 11.3 Å². The second-order valence-corrected chi connectivity index (χ2v) is 8.89. The van der Waals surface area contributed by atoms with Gasteiger partial charge in [-0.1, -0.05) is 11.3 Å². The van der Waals surface area contributed by atoms with Crippen molar-refractivity contribution in [2.75, 3.05) is 17.1 Å². The number of aromatic nitrogens is 2. The first kappa shape index (κ1) is 19.8. The van der Waals surface area contributed by atoms with E-state index < -0.39 is 10.0 Å². The maximum absolute atomic E-state index is 12.6. The highest BCUT2D eigenvalue weighted by atomic mass is 32.2. The first-order valence-corrected chi connectivity index (χ1v) is 11.0. The van der Waals surface area contributed by atoms with Crippen LogP contribution in [0.2, 0.25) is 0 Å². The molecule has 0 atom stereocenters. The van der Waals surface area contributed by atoms with Crippen molar-refractivity contribution in [3.8, 4) is 5.75 Å². The average Bonchev–Trinajstić information content (AvgIpc) is 3.15. The Morgan fingerprint density at radius 2 is 1.90 bits per heavy atom. The summed E-state index contributed by atoms with van der Waals surface area (Å²) in [5.41, 5.74) is 1.60. The molecule has 30 heavy (non-hydrogen) atoms. The van der Waals surface area contributed by atoms with Crippen LogP contribution in [0.25, 0.3) is 10.2 Å². The zero-order chi connectivity index (χ0) is 21.1. The van der Waals surface area contributed by atoms with Gasteiger partial charge in [0.25, 0.3) is 15.9 Å². The maximum atomic E-state index is 12.6. The number of nitrogens with zero attached hydrogens (tertiary/aromatic N) is 2. The Kier molecular flexibility index (Phi) is 5.34. The van der Waals surface area contributed by atoms with E-state index in [1.165, 1.54) is 19.2 Å². The van der Waals surface area contributed by atoms with Crippen LogP contribution in [-0.4, -0.2) is 31.4 Å². The van der Waals surface area contributed by atoms with Gasteiger partial charge in [0.15, 0.2) is 5.13 Å². The summed E-state index contributed by atoms with van der Waals surface area (Å²) in [6, 6.07) is 14.5. The van der Waals surface area contributed by atoms with Crippen LogP contribution in [0.1, 0.15) is 10.4 Å². The van der Waals surface area contributed by atoms with Crippen molar-refractivity contribution in [1.29, 1.82) is 0 Å². The van der Waals surface area contributed by atoms with Crippen LogP contribution in [-0.2, 0) is 10.0 Å². The van der Waals surface area contributed by atoms with Crippen LogP contribution < -0.4 is 14.8 Å². The van der Waals surface area contributed by atoms with E-state index in [1.54, 1.807) is 54.9 Å². The zero-order valence-corrected chi connectivity index (χ0v) is 17.3. The summed E-state index contributed by atoms with van der Waals surface area (Å²) in [4.78, 5) is 20.8. The van der Waals surface area contributed by atoms with E-state index in [2.05, 4.69) is 20.0 Å². The van der Waals surface area contributed by atoms with E-state index in [9.17, 15) is 13.2 Å². The molecule has 0 bridgehead atoms. The second-order valence-electron chi connectivity index (χ2n) is 6.18. The molecule has 8 nitrogen and oxygen atoms in total. The van der Waals surface area contributed by atoms with Gasteiger partial charge in [-0.3, -0.25) is 14.5 Å². The molecular weight excluding hydrogens is 424 g/mol. The molecule has 0 fully saturated rings. The van der Waals surface area contributed by atoms with Gasteiger partial charge in [0.05, 0.1) is 34.1 Å². The van der Waals surface area contributed by atoms with Crippen LogP contribution in [0.5, 0.6) is 5.75 Å². The third kappa shape index (κ3) is 4.24. The predicted octanol–water partition coefficient (Wildman–Crippen LogP) is 3.75. The van der Waals surface area contributed by atoms with Gasteiger partial charge in [-0.25, -0.2) is 13.4 Å². The molecule has 0 radical (unpaired) electrons. The van der Waals surface area contributed by atoms with Crippen LogP contribution in [0.3, 0.4) is 0 Å². The molecule has 0 unspecified atom stereocenters. The molecule has 0 aliphatic carbocycles. The van der Waals surface area contributed by atoms with E-state index in [0.29, 0.717) is 27.2 Å². The number of carbonyl (C=O) groups excluding carboxylic acids is 1. The molecular formula is C20H16N4O4S2. The van der Waals surface area contributed by atoms with E-state index in [-0.39, 0.29) is 15.9 Å². The summed E-state index contributed by atoms with van der Waals surface area (Å²) in [7, 11) is -2.29. The molecule has 0 aliphatic heterocycles. The Labute approximate surface area is 176 Å². The van der Waals surface area contributed by atoms with Gasteiger partial charge in [-0.2, -0.15) is 0 Å². The number of hydrogen-bond donors (Lipinski definition) is 2. The Balaban J connectivity index is 1.55. The summed E-state index contributed by atoms with van der Waals surface area (Å²) in [6.45, 7) is 0. The standard InChI is InChI=1S/C20H16N4O4S2/c1-28-15-5-7-16(8-6-15)30(26,27)24-20-23-17-9-4-13(11-18(17)29-20)19(25)22-14-3-2-10-21-12-14/h2-12H,1H3,(H,22,25)(H,23,24). The first-order chi connectivity index (χ1) is 14.4. The largest absolute Gasteiger partial charge is 0.497 e. The number of methoxy groups -OCH3 is 1. The minimum absolute atomic E-state index is 0.0964. The Hall–Kier alpha value is -3.50. The lowest BCUT2D eigenvalue weighted by Crippen LogP contribution is -2.12.